The first-order valence-corrected chi connectivity index (χ1v) is 3.60. The first-order chi connectivity index (χ1) is 5.12. The Morgan fingerprint density at radius 3 is 2.55 bits per heavy atom. The average Bonchev–Trinajstić information content (AvgIpc) is 1.87. The molecule has 0 aromatic heterocycles. The van der Waals surface area contributed by atoms with Gasteiger partial charge in [0.05, 0.1) is 20.7 Å². The largest absolute Gasteiger partial charge is 0.462 e. The van der Waals surface area contributed by atoms with Crippen LogP contribution in [0.2, 0.25) is 0 Å². The minimum atomic E-state index is 0.161. The number of aliphatic hydroxyl groups is 1. The number of hydrogen-bond acceptors (Lipinski definition) is 3. The Labute approximate surface area is 67.0 Å². The summed E-state index contributed by atoms with van der Waals surface area (Å²) in [6.07, 6.45) is 0. The van der Waals surface area contributed by atoms with Crippen LogP contribution < -0.4 is 0 Å². The van der Waals surface area contributed by atoms with E-state index in [4.69, 9.17) is 5.11 Å². The molecule has 0 atom stereocenters. The molecule has 4 heteroatoms. The van der Waals surface area contributed by atoms with Crippen molar-refractivity contribution < 1.29 is 19.1 Å². The molecule has 0 spiro atoms. The van der Waals surface area contributed by atoms with Gasteiger partial charge < -0.3 is 14.3 Å². The zero-order chi connectivity index (χ0) is 8.74. The van der Waals surface area contributed by atoms with Gasteiger partial charge in [-0.25, -0.2) is 0 Å². The molecule has 0 aromatic carbocycles. The van der Waals surface area contributed by atoms with Crippen LogP contribution in [0.25, 0.3) is 0 Å². The first kappa shape index (κ1) is 10.4. The predicted molar refractivity (Wildman–Crippen MR) is 40.9 cm³/mol. The highest BCUT2D eigenvalue weighted by Crippen LogP contribution is 1.94. The van der Waals surface area contributed by atoms with Crippen molar-refractivity contribution in [1.82, 2.24) is 0 Å². The van der Waals surface area contributed by atoms with Crippen molar-refractivity contribution in [3.8, 4) is 0 Å². The van der Waals surface area contributed by atoms with Gasteiger partial charge in [0.2, 0.25) is 0 Å². The molecule has 4 nitrogen and oxygen atoms in total. The van der Waals surface area contributed by atoms with Crippen molar-refractivity contribution in [3.63, 3.8) is 0 Å². The number of rotatable bonds is 6. The summed E-state index contributed by atoms with van der Waals surface area (Å²) in [5.74, 6) is 0. The maximum absolute atomic E-state index is 9.77. The molecule has 0 amide bonds. The summed E-state index contributed by atoms with van der Waals surface area (Å²) in [6.45, 7) is 2.44. The lowest BCUT2D eigenvalue weighted by atomic mass is 10.4. The lowest BCUT2D eigenvalue weighted by Crippen LogP contribution is -2.44. The summed E-state index contributed by atoms with van der Waals surface area (Å²) in [5, 5.41) is 8.63. The van der Waals surface area contributed by atoms with Crippen LogP contribution in [0.4, 0.5) is 0 Å². The third kappa shape index (κ3) is 5.82. The van der Waals surface area contributed by atoms with E-state index in [1.165, 1.54) is 0 Å². The van der Waals surface area contributed by atoms with Crippen molar-refractivity contribution in [2.24, 2.45) is 0 Å². The van der Waals surface area contributed by atoms with Gasteiger partial charge in [-0.05, 0) is 0 Å². The second-order valence-electron chi connectivity index (χ2n) is 3.07. The highest BCUT2D eigenvalue weighted by molar-refractivity contribution is 5.36. The molecule has 0 fully saturated rings. The lowest BCUT2D eigenvalue weighted by Gasteiger charge is -2.28. The summed E-state index contributed by atoms with van der Waals surface area (Å²) in [7, 11) is 3.95. The van der Waals surface area contributed by atoms with Crippen molar-refractivity contribution in [1.29, 1.82) is 0 Å². The molecule has 0 radical (unpaired) electrons. The van der Waals surface area contributed by atoms with Gasteiger partial charge in [0.25, 0.3) is 6.47 Å². The molecule has 0 aromatic rings. The zero-order valence-corrected chi connectivity index (χ0v) is 7.12. The van der Waals surface area contributed by atoms with E-state index in [1.807, 2.05) is 14.1 Å². The molecule has 66 valence electrons. The van der Waals surface area contributed by atoms with Gasteiger partial charge in [0.15, 0.2) is 0 Å². The fourth-order valence-corrected chi connectivity index (χ4v) is 0.730. The van der Waals surface area contributed by atoms with Gasteiger partial charge in [-0.15, -0.1) is 0 Å². The van der Waals surface area contributed by atoms with Gasteiger partial charge in [0.1, 0.15) is 19.7 Å². The van der Waals surface area contributed by atoms with E-state index < -0.39 is 0 Å². The first-order valence-electron chi connectivity index (χ1n) is 3.60. The number of ether oxygens (including phenoxy) is 1. The van der Waals surface area contributed by atoms with Crippen LogP contribution in [0, 0.1) is 0 Å². The molecule has 0 bridgehead atoms. The van der Waals surface area contributed by atoms with E-state index in [-0.39, 0.29) is 6.61 Å². The average molecular weight is 162 g/mol. The standard InChI is InChI=1S/C7H16NO3/c1-8(2,3-5-9)4-6-11-7-10/h7,9H,3-6H2,1-2H3/q+1. The molecule has 0 unspecified atom stereocenters. The summed E-state index contributed by atoms with van der Waals surface area (Å²) >= 11 is 0. The fraction of sp³-hybridized carbons (Fsp3) is 0.857. The molecule has 0 aliphatic carbocycles. The number of carbonyl (C=O) groups excluding carboxylic acids is 1. The fourth-order valence-electron chi connectivity index (χ4n) is 0.730. The number of nitrogens with zero attached hydrogens (tertiary/aromatic N) is 1. The number of likely N-dealkylation sites (N-methyl/N-ethyl adjacent to an activating group) is 1. The maximum atomic E-state index is 9.77. The predicted octanol–water partition coefficient (Wildman–Crippen LogP) is -0.772. The molecule has 0 aliphatic heterocycles. The molecular weight excluding hydrogens is 146 g/mol. The normalized spacial score (nSPS) is 11.2. The van der Waals surface area contributed by atoms with E-state index >= 15 is 0 Å². The van der Waals surface area contributed by atoms with E-state index in [0.717, 1.165) is 6.54 Å². The molecule has 0 rings (SSSR count). The van der Waals surface area contributed by atoms with E-state index in [2.05, 4.69) is 4.74 Å². The SMILES string of the molecule is C[N+](C)(CCO)CCOC=O. The Hall–Kier alpha value is -0.610. The Balaban J connectivity index is 3.45. The number of aliphatic hydroxyl groups excluding tert-OH is 1. The van der Waals surface area contributed by atoms with Gasteiger partial charge in [0, 0.05) is 0 Å². The molecule has 0 aliphatic rings. The van der Waals surface area contributed by atoms with E-state index in [0.29, 0.717) is 24.1 Å². The minimum Gasteiger partial charge on any atom is -0.462 e. The highest BCUT2D eigenvalue weighted by Gasteiger charge is 2.12. The highest BCUT2D eigenvalue weighted by atomic mass is 16.5. The minimum absolute atomic E-state index is 0.161. The zero-order valence-electron chi connectivity index (χ0n) is 7.12. The van der Waals surface area contributed by atoms with Crippen LogP contribution in [0.15, 0.2) is 0 Å². The smallest absolute Gasteiger partial charge is 0.293 e. The van der Waals surface area contributed by atoms with Crippen molar-refractivity contribution in [2.75, 3.05) is 40.4 Å². The van der Waals surface area contributed by atoms with Gasteiger partial charge in [-0.1, -0.05) is 0 Å². The van der Waals surface area contributed by atoms with Crippen molar-refractivity contribution >= 4 is 6.47 Å². The van der Waals surface area contributed by atoms with Gasteiger partial charge >= 0.3 is 0 Å². The molecule has 0 saturated heterocycles. The quantitative estimate of drug-likeness (QED) is 0.317. The van der Waals surface area contributed by atoms with Crippen LogP contribution in [0.5, 0.6) is 0 Å². The van der Waals surface area contributed by atoms with Crippen LogP contribution >= 0.6 is 0 Å². The molecule has 1 N–H and O–H groups in total. The van der Waals surface area contributed by atoms with E-state index in [1.54, 1.807) is 0 Å². The number of carbonyl (C=O) groups is 1. The Bertz CT molecular complexity index is 114. The third-order valence-electron chi connectivity index (χ3n) is 1.59. The Morgan fingerprint density at radius 1 is 1.45 bits per heavy atom. The van der Waals surface area contributed by atoms with Crippen LogP contribution in [0.1, 0.15) is 0 Å². The second kappa shape index (κ2) is 5.09. The summed E-state index contributed by atoms with van der Waals surface area (Å²) in [4.78, 5) is 9.77. The Morgan fingerprint density at radius 2 is 2.09 bits per heavy atom. The third-order valence-corrected chi connectivity index (χ3v) is 1.59. The van der Waals surface area contributed by atoms with Gasteiger partial charge in [-0.2, -0.15) is 0 Å². The second-order valence-corrected chi connectivity index (χ2v) is 3.07. The van der Waals surface area contributed by atoms with Gasteiger partial charge in [-0.3, -0.25) is 4.79 Å². The van der Waals surface area contributed by atoms with Crippen LogP contribution in [-0.4, -0.2) is 56.5 Å². The number of hydrogen-bond donors (Lipinski definition) is 1. The lowest BCUT2D eigenvalue weighted by molar-refractivity contribution is -0.890. The summed E-state index contributed by atoms with van der Waals surface area (Å²) in [6, 6.07) is 0. The molecular formula is C7H16NO3+. The monoisotopic (exact) mass is 162 g/mol. The maximum Gasteiger partial charge on any atom is 0.293 e. The van der Waals surface area contributed by atoms with Crippen LogP contribution in [0.3, 0.4) is 0 Å². The molecule has 0 saturated carbocycles. The summed E-state index contributed by atoms with van der Waals surface area (Å²) < 4.78 is 5.21. The molecule has 0 heterocycles. The summed E-state index contributed by atoms with van der Waals surface area (Å²) in [5.41, 5.74) is 0. The topological polar surface area (TPSA) is 46.5 Å². The molecule has 11 heavy (non-hydrogen) atoms. The van der Waals surface area contributed by atoms with Crippen molar-refractivity contribution in [3.05, 3.63) is 0 Å². The van der Waals surface area contributed by atoms with Crippen molar-refractivity contribution in [2.45, 2.75) is 0 Å². The Kier molecular flexibility index (Phi) is 4.81. The van der Waals surface area contributed by atoms with Crippen LogP contribution in [-0.2, 0) is 9.53 Å². The van der Waals surface area contributed by atoms with E-state index in [9.17, 15) is 4.79 Å². The number of quaternary nitrogens is 1.